The summed E-state index contributed by atoms with van der Waals surface area (Å²) in [5.74, 6) is -0.373. The van der Waals surface area contributed by atoms with Crippen LogP contribution in [0.5, 0.6) is 6.01 Å². The molecule has 1 N–H and O–H groups in total. The molecule has 8 nitrogen and oxygen atoms in total. The number of imidazole rings is 1. The quantitative estimate of drug-likeness (QED) is 0.607. The van der Waals surface area contributed by atoms with Crippen LogP contribution in [0.2, 0.25) is 0 Å². The van der Waals surface area contributed by atoms with E-state index >= 15 is 0 Å². The maximum Gasteiger partial charge on any atom is 0.299 e. The number of ketones is 1. The van der Waals surface area contributed by atoms with Crippen LogP contribution >= 0.6 is 11.3 Å². The fraction of sp³-hybridized carbons (Fsp3) is 0.579. The Bertz CT molecular complexity index is 830. The van der Waals surface area contributed by atoms with Crippen molar-refractivity contribution in [2.75, 3.05) is 25.2 Å². The molecule has 0 aliphatic carbocycles. The lowest BCUT2D eigenvalue weighted by Gasteiger charge is -2.20. The first kappa shape index (κ1) is 22.0. The number of Topliss-reactive ketones (excluding diaryl/α,β-unsaturated/α-hetero) is 1. The Hall–Kier alpha value is -2.26. The second kappa shape index (κ2) is 9.79. The topological polar surface area (TPSA) is 97.5 Å². The number of carbonyl (C=O) groups excluding carboxylic acids is 2. The Balaban J connectivity index is 2.44. The number of hydrogen-bond donors (Lipinski definition) is 1. The van der Waals surface area contributed by atoms with E-state index in [2.05, 4.69) is 9.97 Å². The first-order chi connectivity index (χ1) is 13.3. The van der Waals surface area contributed by atoms with Crippen molar-refractivity contribution < 1.29 is 19.4 Å². The van der Waals surface area contributed by atoms with Crippen molar-refractivity contribution in [3.63, 3.8) is 0 Å². The number of thiazole rings is 1. The molecule has 154 valence electrons. The van der Waals surface area contributed by atoms with Gasteiger partial charge in [0.2, 0.25) is 5.91 Å². The second-order valence-electron chi connectivity index (χ2n) is 6.67. The van der Waals surface area contributed by atoms with E-state index in [1.807, 2.05) is 13.8 Å². The number of nitrogens with zero attached hydrogens (tertiary/aromatic N) is 4. The summed E-state index contributed by atoms with van der Waals surface area (Å²) in [6.07, 6.45) is 2.89. The van der Waals surface area contributed by atoms with Gasteiger partial charge in [0.15, 0.2) is 11.6 Å². The third kappa shape index (κ3) is 4.96. The Morgan fingerprint density at radius 1 is 1.43 bits per heavy atom. The smallest absolute Gasteiger partial charge is 0.299 e. The molecule has 0 bridgehead atoms. The van der Waals surface area contributed by atoms with Gasteiger partial charge in [-0.25, -0.2) is 4.98 Å². The van der Waals surface area contributed by atoms with Gasteiger partial charge in [-0.2, -0.15) is 4.98 Å². The van der Waals surface area contributed by atoms with Crippen LogP contribution in [0.1, 0.15) is 54.0 Å². The Labute approximate surface area is 169 Å². The molecule has 2 aromatic heterocycles. The highest BCUT2D eigenvalue weighted by Crippen LogP contribution is 2.29. The zero-order valence-corrected chi connectivity index (χ0v) is 17.9. The maximum atomic E-state index is 12.8. The molecule has 0 aliphatic heterocycles. The average Bonchev–Trinajstić information content (AvgIpc) is 3.22. The third-order valence-corrected chi connectivity index (χ3v) is 5.25. The van der Waals surface area contributed by atoms with Crippen LogP contribution in [0.25, 0.3) is 0 Å². The number of carbonyl (C=O) groups is 2. The highest BCUT2D eigenvalue weighted by atomic mass is 32.1. The van der Waals surface area contributed by atoms with E-state index in [4.69, 9.17) is 9.84 Å². The molecule has 0 fully saturated rings. The van der Waals surface area contributed by atoms with Crippen LogP contribution in [0.3, 0.4) is 0 Å². The van der Waals surface area contributed by atoms with Gasteiger partial charge in [0.05, 0.1) is 13.2 Å². The molecule has 1 amide bonds. The first-order valence-corrected chi connectivity index (χ1v) is 10.2. The van der Waals surface area contributed by atoms with Gasteiger partial charge in [0.25, 0.3) is 6.01 Å². The average molecular weight is 409 g/mol. The van der Waals surface area contributed by atoms with E-state index in [9.17, 15) is 9.59 Å². The van der Waals surface area contributed by atoms with Gasteiger partial charge in [0, 0.05) is 37.6 Å². The van der Waals surface area contributed by atoms with Gasteiger partial charge in [-0.3, -0.25) is 19.1 Å². The van der Waals surface area contributed by atoms with Crippen LogP contribution in [0.15, 0.2) is 6.20 Å². The number of ether oxygens (including phenoxy) is 1. The summed E-state index contributed by atoms with van der Waals surface area (Å²) in [7, 11) is 1.61. The fourth-order valence-corrected chi connectivity index (χ4v) is 3.73. The molecule has 0 radical (unpaired) electrons. The van der Waals surface area contributed by atoms with Crippen molar-refractivity contribution in [1.29, 1.82) is 0 Å². The minimum atomic E-state index is -0.292. The molecule has 0 spiro atoms. The maximum absolute atomic E-state index is 12.8. The highest BCUT2D eigenvalue weighted by molar-refractivity contribution is 7.11. The van der Waals surface area contributed by atoms with E-state index in [0.717, 1.165) is 9.88 Å². The number of aliphatic hydroxyl groups is 1. The zero-order chi connectivity index (χ0) is 20.8. The number of rotatable bonds is 10. The summed E-state index contributed by atoms with van der Waals surface area (Å²) < 4.78 is 7.33. The molecule has 2 rings (SSSR count). The number of aromatic nitrogens is 3. The van der Waals surface area contributed by atoms with Crippen molar-refractivity contribution in [2.24, 2.45) is 5.92 Å². The SMILES string of the molecule is CCOc1nc(N(C)C(=O)C(C)CCCO)c(C(C)=O)n1Cc1ncc(C)s1. The minimum Gasteiger partial charge on any atom is -0.465 e. The number of hydrogen-bond acceptors (Lipinski definition) is 7. The van der Waals surface area contributed by atoms with Gasteiger partial charge >= 0.3 is 0 Å². The molecule has 0 aliphatic rings. The molecule has 2 aromatic rings. The van der Waals surface area contributed by atoms with Crippen molar-refractivity contribution in [2.45, 2.75) is 47.1 Å². The summed E-state index contributed by atoms with van der Waals surface area (Å²) in [5, 5.41) is 9.83. The predicted molar refractivity (Wildman–Crippen MR) is 108 cm³/mol. The van der Waals surface area contributed by atoms with Crippen molar-refractivity contribution in [1.82, 2.24) is 14.5 Å². The monoisotopic (exact) mass is 408 g/mol. The molecule has 0 saturated heterocycles. The molecule has 1 unspecified atom stereocenters. The van der Waals surface area contributed by atoms with Crippen molar-refractivity contribution in [3.8, 4) is 6.01 Å². The Kier molecular flexibility index (Phi) is 7.70. The molecular weight excluding hydrogens is 380 g/mol. The molecule has 9 heteroatoms. The predicted octanol–water partition coefficient (Wildman–Crippen LogP) is 2.67. The lowest BCUT2D eigenvalue weighted by Crippen LogP contribution is -2.33. The van der Waals surface area contributed by atoms with Gasteiger partial charge < -0.3 is 9.84 Å². The summed E-state index contributed by atoms with van der Waals surface area (Å²) >= 11 is 1.54. The number of aryl methyl sites for hydroxylation is 1. The van der Waals surface area contributed by atoms with Crippen molar-refractivity contribution in [3.05, 3.63) is 21.8 Å². The molecule has 0 aromatic carbocycles. The Morgan fingerprint density at radius 2 is 2.14 bits per heavy atom. The summed E-state index contributed by atoms with van der Waals surface area (Å²) in [6.45, 7) is 7.83. The van der Waals surface area contributed by atoms with Crippen LogP contribution in [0.4, 0.5) is 5.82 Å². The standard InChI is InChI=1S/C19H28N4O4S/c1-6-27-19-21-17(22(5)18(26)12(2)8-7-9-24)16(14(4)25)23(19)11-15-20-10-13(3)28-15/h10,12,24H,6-9,11H2,1-5H3. The summed E-state index contributed by atoms with van der Waals surface area (Å²) in [5.41, 5.74) is 0.321. The van der Waals surface area contributed by atoms with Crippen LogP contribution in [-0.4, -0.2) is 51.6 Å². The number of aliphatic hydroxyl groups excluding tert-OH is 1. The molecule has 1 atom stereocenters. The molecule has 2 heterocycles. The number of anilines is 1. The fourth-order valence-electron chi connectivity index (χ4n) is 2.95. The Morgan fingerprint density at radius 3 is 2.68 bits per heavy atom. The second-order valence-corrected chi connectivity index (χ2v) is 7.99. The highest BCUT2D eigenvalue weighted by Gasteiger charge is 2.29. The van der Waals surface area contributed by atoms with Gasteiger partial charge in [0.1, 0.15) is 10.7 Å². The third-order valence-electron chi connectivity index (χ3n) is 4.35. The van der Waals surface area contributed by atoms with E-state index in [1.54, 1.807) is 24.7 Å². The van der Waals surface area contributed by atoms with E-state index in [0.29, 0.717) is 37.7 Å². The number of amides is 1. The largest absolute Gasteiger partial charge is 0.465 e. The molecule has 28 heavy (non-hydrogen) atoms. The first-order valence-electron chi connectivity index (χ1n) is 9.34. The summed E-state index contributed by atoms with van der Waals surface area (Å²) in [6, 6.07) is 0.290. The van der Waals surface area contributed by atoms with Crippen molar-refractivity contribution >= 4 is 28.8 Å². The minimum absolute atomic E-state index is 0.0381. The van der Waals surface area contributed by atoms with E-state index in [1.165, 1.54) is 23.2 Å². The van der Waals surface area contributed by atoms with Crippen LogP contribution in [0, 0.1) is 12.8 Å². The van der Waals surface area contributed by atoms with Crippen LogP contribution < -0.4 is 9.64 Å². The lowest BCUT2D eigenvalue weighted by molar-refractivity contribution is -0.121. The van der Waals surface area contributed by atoms with E-state index < -0.39 is 0 Å². The van der Waals surface area contributed by atoms with Gasteiger partial charge in [-0.05, 0) is 26.7 Å². The van der Waals surface area contributed by atoms with E-state index in [-0.39, 0.29) is 30.0 Å². The summed E-state index contributed by atoms with van der Waals surface area (Å²) in [4.78, 5) is 36.6. The lowest BCUT2D eigenvalue weighted by atomic mass is 10.0. The molecular formula is C19H28N4O4S. The van der Waals surface area contributed by atoms with Gasteiger partial charge in [-0.1, -0.05) is 6.92 Å². The normalized spacial score (nSPS) is 12.1. The zero-order valence-electron chi connectivity index (χ0n) is 17.1. The molecule has 0 saturated carbocycles. The van der Waals surface area contributed by atoms with Crippen LogP contribution in [-0.2, 0) is 11.3 Å². The van der Waals surface area contributed by atoms with Gasteiger partial charge in [-0.15, -0.1) is 11.3 Å².